The van der Waals surface area contributed by atoms with E-state index >= 15 is 0 Å². The lowest BCUT2D eigenvalue weighted by Gasteiger charge is -2.28. The Morgan fingerprint density at radius 2 is 1.65 bits per heavy atom. The van der Waals surface area contributed by atoms with Gasteiger partial charge in [0.05, 0.1) is 17.9 Å². The van der Waals surface area contributed by atoms with Gasteiger partial charge < -0.3 is 21.3 Å². The van der Waals surface area contributed by atoms with Crippen molar-refractivity contribution >= 4 is 17.8 Å². The average molecular weight is 286 g/mol. The number of hydrogen-bond donors (Lipinski definition) is 4. The number of carboxylic acid groups (broad SMARTS) is 2. The molecule has 0 bridgehead atoms. The molecule has 0 aromatic carbocycles. The van der Waals surface area contributed by atoms with Crippen LogP contribution in [0.15, 0.2) is 0 Å². The van der Waals surface area contributed by atoms with Crippen molar-refractivity contribution in [3.63, 3.8) is 0 Å². The zero-order valence-electron chi connectivity index (χ0n) is 11.4. The highest BCUT2D eigenvalue weighted by atomic mass is 16.4. The molecule has 1 rings (SSSR count). The van der Waals surface area contributed by atoms with Crippen LogP contribution in [0.25, 0.3) is 0 Å². The van der Waals surface area contributed by atoms with Gasteiger partial charge in [-0.1, -0.05) is 25.7 Å². The number of aliphatic carboxylic acids is 2. The molecule has 1 fully saturated rings. The van der Waals surface area contributed by atoms with Crippen LogP contribution in [0.5, 0.6) is 0 Å². The molecule has 0 heterocycles. The lowest BCUT2D eigenvalue weighted by atomic mass is 9.80. The highest BCUT2D eigenvalue weighted by molar-refractivity contribution is 5.86. The third-order valence-corrected chi connectivity index (χ3v) is 3.85. The molecule has 1 aliphatic rings. The Morgan fingerprint density at radius 3 is 2.10 bits per heavy atom. The second-order valence-electron chi connectivity index (χ2n) is 5.42. The van der Waals surface area contributed by atoms with Crippen molar-refractivity contribution in [1.82, 2.24) is 5.32 Å². The Hall–Kier alpha value is -1.63. The molecule has 0 aliphatic heterocycles. The summed E-state index contributed by atoms with van der Waals surface area (Å²) >= 11 is 0. The van der Waals surface area contributed by atoms with Crippen LogP contribution in [0.2, 0.25) is 0 Å². The molecular weight excluding hydrogens is 264 g/mol. The van der Waals surface area contributed by atoms with Crippen LogP contribution in [0, 0.1) is 5.41 Å². The summed E-state index contributed by atoms with van der Waals surface area (Å²) in [6, 6.07) is -1.15. The van der Waals surface area contributed by atoms with Crippen LogP contribution >= 0.6 is 0 Å². The molecule has 7 nitrogen and oxygen atoms in total. The molecule has 0 saturated heterocycles. The van der Waals surface area contributed by atoms with Gasteiger partial charge in [-0.05, 0) is 12.8 Å². The van der Waals surface area contributed by atoms with Crippen molar-refractivity contribution in [3.05, 3.63) is 0 Å². The molecule has 114 valence electrons. The molecule has 0 aromatic rings. The maximum Gasteiger partial charge on any atom is 0.311 e. The van der Waals surface area contributed by atoms with E-state index in [2.05, 4.69) is 5.32 Å². The number of carboxylic acids is 2. The monoisotopic (exact) mass is 286 g/mol. The Balaban J connectivity index is 2.60. The summed E-state index contributed by atoms with van der Waals surface area (Å²) in [7, 11) is 0. The van der Waals surface area contributed by atoms with Crippen molar-refractivity contribution < 1.29 is 24.6 Å². The summed E-state index contributed by atoms with van der Waals surface area (Å²) in [5.41, 5.74) is 4.49. The van der Waals surface area contributed by atoms with Gasteiger partial charge in [-0.3, -0.25) is 14.4 Å². The SMILES string of the molecule is NC(CC(=O)O)C(=O)NCC1(C(=O)O)CCCCCC1. The second-order valence-corrected chi connectivity index (χ2v) is 5.42. The Labute approximate surface area is 117 Å². The van der Waals surface area contributed by atoms with Gasteiger partial charge in [0.1, 0.15) is 0 Å². The summed E-state index contributed by atoms with van der Waals surface area (Å²) < 4.78 is 0. The molecular formula is C13H22N2O5. The minimum absolute atomic E-state index is 0.00842. The highest BCUT2D eigenvalue weighted by Gasteiger charge is 2.39. The van der Waals surface area contributed by atoms with Crippen LogP contribution in [-0.2, 0) is 14.4 Å². The van der Waals surface area contributed by atoms with Crippen LogP contribution in [0.4, 0.5) is 0 Å². The number of hydrogen-bond acceptors (Lipinski definition) is 4. The largest absolute Gasteiger partial charge is 0.481 e. The molecule has 0 aromatic heterocycles. The quantitative estimate of drug-likeness (QED) is 0.521. The fourth-order valence-corrected chi connectivity index (χ4v) is 2.54. The minimum atomic E-state index is -1.16. The molecule has 1 saturated carbocycles. The van der Waals surface area contributed by atoms with Crippen LogP contribution < -0.4 is 11.1 Å². The Morgan fingerprint density at radius 1 is 1.10 bits per heavy atom. The van der Waals surface area contributed by atoms with Crippen LogP contribution in [0.3, 0.4) is 0 Å². The first-order chi connectivity index (χ1) is 9.37. The first kappa shape index (κ1) is 16.4. The van der Waals surface area contributed by atoms with E-state index in [-0.39, 0.29) is 6.54 Å². The molecule has 5 N–H and O–H groups in total. The Kier molecular flexibility index (Phi) is 5.94. The summed E-state index contributed by atoms with van der Waals surface area (Å²) in [6.07, 6.45) is 4.23. The van der Waals surface area contributed by atoms with E-state index in [1.807, 2.05) is 0 Å². The summed E-state index contributed by atoms with van der Waals surface area (Å²) in [5, 5.41) is 20.5. The van der Waals surface area contributed by atoms with Gasteiger partial charge in [0, 0.05) is 6.54 Å². The number of amides is 1. The highest BCUT2D eigenvalue weighted by Crippen LogP contribution is 2.34. The predicted octanol–water partition coefficient (Wildman–Crippen LogP) is 0.330. The molecule has 20 heavy (non-hydrogen) atoms. The van der Waals surface area contributed by atoms with E-state index in [1.54, 1.807) is 0 Å². The molecule has 7 heteroatoms. The molecule has 0 spiro atoms. The number of nitrogens with one attached hydrogen (secondary N) is 1. The van der Waals surface area contributed by atoms with Gasteiger partial charge in [-0.25, -0.2) is 0 Å². The molecule has 1 unspecified atom stereocenters. The van der Waals surface area contributed by atoms with E-state index in [9.17, 15) is 19.5 Å². The van der Waals surface area contributed by atoms with Crippen molar-refractivity contribution in [2.24, 2.45) is 11.1 Å². The average Bonchev–Trinajstić information content (AvgIpc) is 2.61. The number of rotatable bonds is 6. The zero-order chi connectivity index (χ0) is 15.2. The first-order valence-electron chi connectivity index (χ1n) is 6.86. The maximum atomic E-state index is 11.7. The molecule has 1 amide bonds. The lowest BCUT2D eigenvalue weighted by molar-refractivity contribution is -0.150. The van der Waals surface area contributed by atoms with E-state index in [4.69, 9.17) is 10.8 Å². The van der Waals surface area contributed by atoms with Crippen LogP contribution in [0.1, 0.15) is 44.9 Å². The molecule has 1 atom stereocenters. The third-order valence-electron chi connectivity index (χ3n) is 3.85. The minimum Gasteiger partial charge on any atom is -0.481 e. The number of nitrogens with two attached hydrogens (primary N) is 1. The van der Waals surface area contributed by atoms with Gasteiger partial charge in [0.15, 0.2) is 0 Å². The third kappa shape index (κ3) is 4.48. The zero-order valence-corrected chi connectivity index (χ0v) is 11.4. The predicted molar refractivity (Wildman–Crippen MR) is 71.0 cm³/mol. The summed E-state index contributed by atoms with van der Waals surface area (Å²) in [4.78, 5) is 33.7. The first-order valence-corrected chi connectivity index (χ1v) is 6.86. The number of carbonyl (C=O) groups is 3. The smallest absolute Gasteiger partial charge is 0.311 e. The molecule has 0 radical (unpaired) electrons. The van der Waals surface area contributed by atoms with Crippen molar-refractivity contribution in [1.29, 1.82) is 0 Å². The van der Waals surface area contributed by atoms with Crippen LogP contribution in [-0.4, -0.2) is 40.6 Å². The van der Waals surface area contributed by atoms with Crippen molar-refractivity contribution in [3.8, 4) is 0 Å². The molecule has 1 aliphatic carbocycles. The van der Waals surface area contributed by atoms with Gasteiger partial charge in [0.25, 0.3) is 0 Å². The van der Waals surface area contributed by atoms with E-state index < -0.39 is 35.7 Å². The lowest BCUT2D eigenvalue weighted by Crippen LogP contribution is -2.48. The summed E-state index contributed by atoms with van der Waals surface area (Å²) in [6.45, 7) is 0.00842. The van der Waals surface area contributed by atoms with E-state index in [1.165, 1.54) is 0 Å². The fraction of sp³-hybridized carbons (Fsp3) is 0.769. The summed E-state index contributed by atoms with van der Waals surface area (Å²) in [5.74, 6) is -2.68. The van der Waals surface area contributed by atoms with Crippen molar-refractivity contribution in [2.45, 2.75) is 51.0 Å². The standard InChI is InChI=1S/C13H22N2O5/c14-9(7-10(16)17)11(18)15-8-13(12(19)20)5-3-1-2-4-6-13/h9H,1-8,14H2,(H,15,18)(H,16,17)(H,19,20). The van der Waals surface area contributed by atoms with Crippen molar-refractivity contribution in [2.75, 3.05) is 6.54 Å². The van der Waals surface area contributed by atoms with E-state index in [0.29, 0.717) is 12.8 Å². The van der Waals surface area contributed by atoms with Gasteiger partial charge in [-0.15, -0.1) is 0 Å². The number of carbonyl (C=O) groups excluding carboxylic acids is 1. The van der Waals surface area contributed by atoms with Gasteiger partial charge in [-0.2, -0.15) is 0 Å². The Bertz CT molecular complexity index is 375. The van der Waals surface area contributed by atoms with Gasteiger partial charge >= 0.3 is 11.9 Å². The maximum absolute atomic E-state index is 11.7. The normalized spacial score (nSPS) is 19.6. The second kappa shape index (κ2) is 7.23. The topological polar surface area (TPSA) is 130 Å². The fourth-order valence-electron chi connectivity index (χ4n) is 2.54. The van der Waals surface area contributed by atoms with Gasteiger partial charge in [0.2, 0.25) is 5.91 Å². The van der Waals surface area contributed by atoms with E-state index in [0.717, 1.165) is 25.7 Å².